The van der Waals surface area contributed by atoms with Crippen molar-refractivity contribution in [2.45, 2.75) is 13.5 Å². The fourth-order valence-corrected chi connectivity index (χ4v) is 2.37. The number of carbonyl (C=O) groups excluding carboxylic acids is 1. The van der Waals surface area contributed by atoms with Crippen LogP contribution in [0.5, 0.6) is 0 Å². The predicted molar refractivity (Wildman–Crippen MR) is 86.8 cm³/mol. The van der Waals surface area contributed by atoms with Gasteiger partial charge in [-0.05, 0) is 43.3 Å². The molecule has 3 aromatic rings. The average molecular weight is 327 g/mol. The Kier molecular flexibility index (Phi) is 4.42. The summed E-state index contributed by atoms with van der Waals surface area (Å²) in [7, 11) is 0. The second kappa shape index (κ2) is 6.66. The number of aryl methyl sites for hydroxylation is 1. The lowest BCUT2D eigenvalue weighted by atomic mass is 10.1. The first kappa shape index (κ1) is 15.9. The van der Waals surface area contributed by atoms with Gasteiger partial charge in [-0.2, -0.15) is 0 Å². The summed E-state index contributed by atoms with van der Waals surface area (Å²) in [5, 5.41) is 0. The summed E-state index contributed by atoms with van der Waals surface area (Å²) in [6, 6.07) is 13.6. The van der Waals surface area contributed by atoms with E-state index in [0.717, 1.165) is 17.7 Å². The molecule has 122 valence electrons. The van der Waals surface area contributed by atoms with Gasteiger partial charge in [0.2, 0.25) is 0 Å². The number of nitrogens with zero attached hydrogens (tertiary/aromatic N) is 1. The van der Waals surface area contributed by atoms with Crippen molar-refractivity contribution in [2.24, 2.45) is 0 Å². The van der Waals surface area contributed by atoms with E-state index in [4.69, 9.17) is 4.42 Å². The first-order chi connectivity index (χ1) is 11.5. The van der Waals surface area contributed by atoms with Crippen LogP contribution in [0.4, 0.5) is 14.5 Å². The lowest BCUT2D eigenvalue weighted by Crippen LogP contribution is -2.31. The zero-order valence-corrected chi connectivity index (χ0v) is 13.0. The van der Waals surface area contributed by atoms with E-state index in [-0.39, 0.29) is 12.1 Å². The highest BCUT2D eigenvalue weighted by atomic mass is 19.1. The first-order valence-corrected chi connectivity index (χ1v) is 7.40. The third-order valence-electron chi connectivity index (χ3n) is 3.65. The molecule has 0 N–H and O–H groups in total. The highest BCUT2D eigenvalue weighted by Crippen LogP contribution is 2.22. The largest absolute Gasteiger partial charge is 0.467 e. The van der Waals surface area contributed by atoms with Gasteiger partial charge < -0.3 is 9.32 Å². The lowest BCUT2D eigenvalue weighted by Gasteiger charge is -2.22. The van der Waals surface area contributed by atoms with Crippen molar-refractivity contribution in [3.8, 4) is 0 Å². The van der Waals surface area contributed by atoms with Crippen LogP contribution in [0.25, 0.3) is 0 Å². The van der Waals surface area contributed by atoms with Crippen molar-refractivity contribution in [2.75, 3.05) is 4.90 Å². The lowest BCUT2D eigenvalue weighted by molar-refractivity contribution is 0.0979. The molecule has 0 bridgehead atoms. The van der Waals surface area contributed by atoms with Crippen molar-refractivity contribution >= 4 is 11.6 Å². The molecule has 5 heteroatoms. The van der Waals surface area contributed by atoms with Crippen molar-refractivity contribution < 1.29 is 18.0 Å². The molecule has 3 nitrogen and oxygen atoms in total. The summed E-state index contributed by atoms with van der Waals surface area (Å²) in [5.74, 6) is -1.62. The number of rotatable bonds is 4. The van der Waals surface area contributed by atoms with E-state index in [1.165, 1.54) is 11.2 Å². The summed E-state index contributed by atoms with van der Waals surface area (Å²) >= 11 is 0. The molecule has 0 spiro atoms. The minimum atomic E-state index is -0.892. The Morgan fingerprint density at radius 1 is 1.08 bits per heavy atom. The number of anilines is 1. The molecule has 1 heterocycles. The van der Waals surface area contributed by atoms with E-state index in [2.05, 4.69) is 0 Å². The van der Waals surface area contributed by atoms with Gasteiger partial charge in [0.1, 0.15) is 17.4 Å². The van der Waals surface area contributed by atoms with Gasteiger partial charge >= 0.3 is 0 Å². The second-order valence-electron chi connectivity index (χ2n) is 5.43. The van der Waals surface area contributed by atoms with Gasteiger partial charge in [0.05, 0.1) is 18.4 Å². The van der Waals surface area contributed by atoms with E-state index in [1.54, 1.807) is 24.3 Å². The number of carbonyl (C=O) groups is 1. The smallest absolute Gasteiger partial charge is 0.261 e. The number of hydrogen-bond acceptors (Lipinski definition) is 2. The van der Waals surface area contributed by atoms with Crippen molar-refractivity contribution in [3.05, 3.63) is 89.4 Å². The van der Waals surface area contributed by atoms with Crippen LogP contribution in [0, 0.1) is 18.6 Å². The molecule has 0 aliphatic heterocycles. The van der Waals surface area contributed by atoms with Crippen LogP contribution >= 0.6 is 0 Å². The third kappa shape index (κ3) is 3.35. The predicted octanol–water partition coefficient (Wildman–Crippen LogP) is 4.71. The van der Waals surface area contributed by atoms with E-state index in [1.807, 2.05) is 19.1 Å². The van der Waals surface area contributed by atoms with Gasteiger partial charge in [0.15, 0.2) is 0 Å². The maximum atomic E-state index is 14.0. The zero-order valence-electron chi connectivity index (χ0n) is 13.0. The molecular weight excluding hydrogens is 312 g/mol. The van der Waals surface area contributed by atoms with Crippen LogP contribution in [0.2, 0.25) is 0 Å². The zero-order chi connectivity index (χ0) is 17.1. The maximum Gasteiger partial charge on any atom is 0.261 e. The number of halogens is 2. The topological polar surface area (TPSA) is 33.5 Å². The molecule has 0 aliphatic carbocycles. The van der Waals surface area contributed by atoms with Crippen molar-refractivity contribution in [1.29, 1.82) is 0 Å². The molecule has 0 fully saturated rings. The number of benzene rings is 2. The molecule has 0 aliphatic rings. The van der Waals surface area contributed by atoms with Gasteiger partial charge in [0, 0.05) is 11.8 Å². The molecule has 2 aromatic carbocycles. The Labute approximate surface area is 138 Å². The van der Waals surface area contributed by atoms with Crippen LogP contribution in [0.15, 0.2) is 65.3 Å². The van der Waals surface area contributed by atoms with Gasteiger partial charge in [-0.25, -0.2) is 8.78 Å². The minimum Gasteiger partial charge on any atom is -0.467 e. The molecule has 1 amide bonds. The van der Waals surface area contributed by atoms with Crippen LogP contribution in [-0.2, 0) is 6.54 Å². The van der Waals surface area contributed by atoms with E-state index in [9.17, 15) is 13.6 Å². The first-order valence-electron chi connectivity index (χ1n) is 7.40. The summed E-state index contributed by atoms with van der Waals surface area (Å²) in [4.78, 5) is 14.2. The summed E-state index contributed by atoms with van der Waals surface area (Å²) in [6.07, 6.45) is 1.51. The fourth-order valence-electron chi connectivity index (χ4n) is 2.37. The van der Waals surface area contributed by atoms with Gasteiger partial charge in [0.25, 0.3) is 5.91 Å². The van der Waals surface area contributed by atoms with Crippen LogP contribution < -0.4 is 4.90 Å². The summed E-state index contributed by atoms with van der Waals surface area (Å²) < 4.78 is 32.4. The van der Waals surface area contributed by atoms with E-state index >= 15 is 0 Å². The molecule has 1 aromatic heterocycles. The highest BCUT2D eigenvalue weighted by molar-refractivity contribution is 6.06. The quantitative estimate of drug-likeness (QED) is 0.695. The van der Waals surface area contributed by atoms with Gasteiger partial charge in [-0.3, -0.25) is 4.79 Å². The maximum absolute atomic E-state index is 14.0. The summed E-state index contributed by atoms with van der Waals surface area (Å²) in [5.41, 5.74) is 1.45. The molecule has 0 saturated heterocycles. The standard InChI is InChI=1S/C19H15F2NO2/c1-13-4-7-15(8-5-13)22(12-16-3-2-10-24-16)19(23)17-9-6-14(20)11-18(17)21/h2-11H,12H2,1H3. The van der Waals surface area contributed by atoms with Crippen LogP contribution in [0.3, 0.4) is 0 Å². The van der Waals surface area contributed by atoms with Crippen molar-refractivity contribution in [1.82, 2.24) is 0 Å². The normalized spacial score (nSPS) is 10.6. The van der Waals surface area contributed by atoms with Crippen LogP contribution in [-0.4, -0.2) is 5.91 Å². The van der Waals surface area contributed by atoms with Gasteiger partial charge in [-0.1, -0.05) is 17.7 Å². The Hall–Kier alpha value is -2.95. The third-order valence-corrected chi connectivity index (χ3v) is 3.65. The van der Waals surface area contributed by atoms with Gasteiger partial charge in [-0.15, -0.1) is 0 Å². The van der Waals surface area contributed by atoms with E-state index in [0.29, 0.717) is 17.5 Å². The van der Waals surface area contributed by atoms with E-state index < -0.39 is 17.5 Å². The van der Waals surface area contributed by atoms with Crippen LogP contribution in [0.1, 0.15) is 21.7 Å². The molecule has 0 radical (unpaired) electrons. The molecular formula is C19H15F2NO2. The minimum absolute atomic E-state index is 0.145. The monoisotopic (exact) mass is 327 g/mol. The number of furan rings is 1. The molecule has 0 unspecified atom stereocenters. The highest BCUT2D eigenvalue weighted by Gasteiger charge is 2.22. The number of amides is 1. The Balaban J connectivity index is 1.99. The number of hydrogen-bond donors (Lipinski definition) is 0. The Morgan fingerprint density at radius 3 is 2.46 bits per heavy atom. The molecule has 0 saturated carbocycles. The Morgan fingerprint density at radius 2 is 1.83 bits per heavy atom. The molecule has 24 heavy (non-hydrogen) atoms. The summed E-state index contributed by atoms with van der Waals surface area (Å²) in [6.45, 7) is 2.08. The Bertz CT molecular complexity index is 842. The average Bonchev–Trinajstić information content (AvgIpc) is 3.06. The molecule has 3 rings (SSSR count). The second-order valence-corrected chi connectivity index (χ2v) is 5.43. The van der Waals surface area contributed by atoms with Crippen molar-refractivity contribution in [3.63, 3.8) is 0 Å². The molecule has 0 atom stereocenters. The SMILES string of the molecule is Cc1ccc(N(Cc2ccco2)C(=O)c2ccc(F)cc2F)cc1. The fraction of sp³-hybridized carbons (Fsp3) is 0.105.